The third-order valence-corrected chi connectivity index (χ3v) is 2.72. The highest BCUT2D eigenvalue weighted by molar-refractivity contribution is 6.34. The first-order chi connectivity index (χ1) is 8.13. The summed E-state index contributed by atoms with van der Waals surface area (Å²) in [6, 6.07) is 6.93. The van der Waals surface area contributed by atoms with Gasteiger partial charge in [-0.25, -0.2) is 0 Å². The number of aromatic nitrogens is 2. The number of benzene rings is 1. The van der Waals surface area contributed by atoms with Gasteiger partial charge in [0.1, 0.15) is 11.4 Å². The van der Waals surface area contributed by atoms with Gasteiger partial charge in [0.2, 0.25) is 5.78 Å². The van der Waals surface area contributed by atoms with Gasteiger partial charge >= 0.3 is 0 Å². The molecule has 5 heteroatoms. The molecule has 88 valence electrons. The van der Waals surface area contributed by atoms with Crippen molar-refractivity contribution >= 4 is 17.4 Å². The standard InChI is InChI=1S/C12H11ClN2O2/c1-15-11(10(13)7-14-15)12(16)8-4-3-5-9(6-8)17-2/h3-7H,1-2H3. The molecule has 1 heterocycles. The Morgan fingerprint density at radius 3 is 2.82 bits per heavy atom. The summed E-state index contributed by atoms with van der Waals surface area (Å²) >= 11 is 5.93. The number of ketones is 1. The Balaban J connectivity index is 2.44. The van der Waals surface area contributed by atoms with Crippen LogP contribution in [0.2, 0.25) is 5.02 Å². The number of hydrogen-bond donors (Lipinski definition) is 0. The molecular formula is C12H11ClN2O2. The normalized spacial score (nSPS) is 10.3. The maximum Gasteiger partial charge on any atom is 0.212 e. The third-order valence-electron chi connectivity index (χ3n) is 2.44. The van der Waals surface area contributed by atoms with E-state index >= 15 is 0 Å². The molecule has 0 atom stereocenters. The fraction of sp³-hybridized carbons (Fsp3) is 0.167. The zero-order valence-corrected chi connectivity index (χ0v) is 10.2. The molecule has 0 aliphatic heterocycles. The van der Waals surface area contributed by atoms with Gasteiger partial charge in [0.05, 0.1) is 18.3 Å². The second-order valence-electron chi connectivity index (χ2n) is 3.53. The second-order valence-corrected chi connectivity index (χ2v) is 3.93. The molecule has 0 bridgehead atoms. The zero-order valence-electron chi connectivity index (χ0n) is 9.48. The van der Waals surface area contributed by atoms with Crippen molar-refractivity contribution in [2.75, 3.05) is 7.11 Å². The van der Waals surface area contributed by atoms with E-state index < -0.39 is 0 Å². The highest BCUT2D eigenvalue weighted by atomic mass is 35.5. The second kappa shape index (κ2) is 4.59. The van der Waals surface area contributed by atoms with E-state index in [1.807, 2.05) is 0 Å². The van der Waals surface area contributed by atoms with Crippen molar-refractivity contribution in [3.8, 4) is 5.75 Å². The number of carbonyl (C=O) groups is 1. The summed E-state index contributed by atoms with van der Waals surface area (Å²) in [7, 11) is 3.24. The minimum Gasteiger partial charge on any atom is -0.497 e. The Kier molecular flexibility index (Phi) is 3.15. The van der Waals surface area contributed by atoms with E-state index in [2.05, 4.69) is 5.10 Å². The highest BCUT2D eigenvalue weighted by Crippen LogP contribution is 2.20. The van der Waals surface area contributed by atoms with Crippen LogP contribution in [0.15, 0.2) is 30.5 Å². The average Bonchev–Trinajstić information content (AvgIpc) is 2.68. The molecular weight excluding hydrogens is 240 g/mol. The first-order valence-electron chi connectivity index (χ1n) is 4.99. The van der Waals surface area contributed by atoms with Crippen molar-refractivity contribution in [1.82, 2.24) is 9.78 Å². The summed E-state index contributed by atoms with van der Waals surface area (Å²) < 4.78 is 6.54. The predicted molar refractivity (Wildman–Crippen MR) is 64.6 cm³/mol. The molecule has 2 rings (SSSR count). The van der Waals surface area contributed by atoms with E-state index in [4.69, 9.17) is 16.3 Å². The summed E-state index contributed by atoms with van der Waals surface area (Å²) in [5.74, 6) is 0.461. The molecule has 0 spiro atoms. The van der Waals surface area contributed by atoms with E-state index in [0.717, 1.165) is 0 Å². The van der Waals surface area contributed by atoms with E-state index in [-0.39, 0.29) is 5.78 Å². The molecule has 0 unspecified atom stereocenters. The van der Waals surface area contributed by atoms with Crippen molar-refractivity contribution in [2.24, 2.45) is 7.05 Å². The minimum atomic E-state index is -0.172. The van der Waals surface area contributed by atoms with Crippen LogP contribution >= 0.6 is 11.6 Å². The third kappa shape index (κ3) is 2.17. The van der Waals surface area contributed by atoms with Gasteiger partial charge in [0, 0.05) is 12.6 Å². The number of nitrogens with zero attached hydrogens (tertiary/aromatic N) is 2. The molecule has 0 saturated carbocycles. The number of carbonyl (C=O) groups excluding carboxylic acids is 1. The maximum atomic E-state index is 12.2. The molecule has 0 fully saturated rings. The fourth-order valence-electron chi connectivity index (χ4n) is 1.57. The van der Waals surface area contributed by atoms with Gasteiger partial charge in [-0.3, -0.25) is 9.48 Å². The lowest BCUT2D eigenvalue weighted by atomic mass is 10.1. The molecule has 0 saturated heterocycles. The van der Waals surface area contributed by atoms with Crippen LogP contribution in [-0.2, 0) is 7.05 Å². The summed E-state index contributed by atoms with van der Waals surface area (Å²) in [5, 5.41) is 4.29. The van der Waals surface area contributed by atoms with Crippen LogP contribution in [-0.4, -0.2) is 22.7 Å². The minimum absolute atomic E-state index is 0.172. The van der Waals surface area contributed by atoms with Crippen molar-refractivity contribution in [2.45, 2.75) is 0 Å². The van der Waals surface area contributed by atoms with Crippen LogP contribution in [0.5, 0.6) is 5.75 Å². The maximum absolute atomic E-state index is 12.2. The molecule has 0 amide bonds. The van der Waals surface area contributed by atoms with Crippen molar-refractivity contribution in [3.63, 3.8) is 0 Å². The van der Waals surface area contributed by atoms with Crippen molar-refractivity contribution in [3.05, 3.63) is 46.7 Å². The van der Waals surface area contributed by atoms with Crippen LogP contribution in [0.25, 0.3) is 0 Å². The number of halogens is 1. The Bertz CT molecular complexity index is 544. The van der Waals surface area contributed by atoms with Crippen LogP contribution in [0.1, 0.15) is 16.1 Å². The molecule has 4 nitrogen and oxygen atoms in total. The first kappa shape index (κ1) is 11.7. The van der Waals surface area contributed by atoms with Crippen molar-refractivity contribution in [1.29, 1.82) is 0 Å². The van der Waals surface area contributed by atoms with E-state index in [0.29, 0.717) is 22.0 Å². The Labute approximate surface area is 104 Å². The molecule has 0 radical (unpaired) electrons. The largest absolute Gasteiger partial charge is 0.497 e. The SMILES string of the molecule is COc1cccc(C(=O)c2c(Cl)cnn2C)c1. The van der Waals surface area contributed by atoms with Crippen LogP contribution < -0.4 is 4.74 Å². The van der Waals surface area contributed by atoms with Gasteiger partial charge in [-0.15, -0.1) is 0 Å². The Hall–Kier alpha value is -1.81. The van der Waals surface area contributed by atoms with Crippen LogP contribution in [0.3, 0.4) is 0 Å². The predicted octanol–water partition coefficient (Wildman–Crippen LogP) is 2.31. The van der Waals surface area contributed by atoms with Crippen LogP contribution in [0, 0.1) is 0 Å². The number of ether oxygens (including phenoxy) is 1. The van der Waals surface area contributed by atoms with Gasteiger partial charge in [0.25, 0.3) is 0 Å². The Morgan fingerprint density at radius 1 is 1.47 bits per heavy atom. The summed E-state index contributed by atoms with van der Waals surface area (Å²) in [6.07, 6.45) is 1.45. The average molecular weight is 251 g/mol. The topological polar surface area (TPSA) is 44.1 Å². The van der Waals surface area contributed by atoms with Gasteiger partial charge < -0.3 is 4.74 Å². The lowest BCUT2D eigenvalue weighted by Crippen LogP contribution is -2.08. The lowest BCUT2D eigenvalue weighted by Gasteiger charge is -2.04. The number of methoxy groups -OCH3 is 1. The number of aryl methyl sites for hydroxylation is 1. The Morgan fingerprint density at radius 2 is 2.24 bits per heavy atom. The van der Waals surface area contributed by atoms with Gasteiger partial charge in [-0.2, -0.15) is 5.10 Å². The van der Waals surface area contributed by atoms with Crippen LogP contribution in [0.4, 0.5) is 0 Å². The summed E-state index contributed by atoms with van der Waals surface area (Å²) in [4.78, 5) is 12.2. The number of rotatable bonds is 3. The fourth-order valence-corrected chi connectivity index (χ4v) is 1.82. The van der Waals surface area contributed by atoms with Gasteiger partial charge in [-0.1, -0.05) is 23.7 Å². The monoisotopic (exact) mass is 250 g/mol. The number of hydrogen-bond acceptors (Lipinski definition) is 3. The van der Waals surface area contributed by atoms with E-state index in [9.17, 15) is 4.79 Å². The summed E-state index contributed by atoms with van der Waals surface area (Å²) in [5.41, 5.74) is 0.898. The molecule has 1 aromatic heterocycles. The quantitative estimate of drug-likeness (QED) is 0.786. The first-order valence-corrected chi connectivity index (χ1v) is 5.37. The molecule has 2 aromatic rings. The summed E-state index contributed by atoms with van der Waals surface area (Å²) in [6.45, 7) is 0. The molecule has 1 aromatic carbocycles. The molecule has 0 aliphatic carbocycles. The smallest absolute Gasteiger partial charge is 0.212 e. The lowest BCUT2D eigenvalue weighted by molar-refractivity contribution is 0.103. The highest BCUT2D eigenvalue weighted by Gasteiger charge is 2.17. The van der Waals surface area contributed by atoms with Gasteiger partial charge in [-0.05, 0) is 12.1 Å². The molecule has 0 aliphatic rings. The zero-order chi connectivity index (χ0) is 12.4. The van der Waals surface area contributed by atoms with E-state index in [1.165, 1.54) is 10.9 Å². The van der Waals surface area contributed by atoms with Crippen molar-refractivity contribution < 1.29 is 9.53 Å². The molecule has 17 heavy (non-hydrogen) atoms. The van der Waals surface area contributed by atoms with Gasteiger partial charge in [0.15, 0.2) is 0 Å². The van der Waals surface area contributed by atoms with E-state index in [1.54, 1.807) is 38.4 Å². The molecule has 0 N–H and O–H groups in total.